The molecule has 1 aromatic heterocycles. The van der Waals surface area contributed by atoms with Crippen LogP contribution in [0.15, 0.2) is 54.7 Å². The molecule has 5 heteroatoms. The molecule has 1 amide bonds. The van der Waals surface area contributed by atoms with E-state index in [1.807, 2.05) is 37.3 Å². The first-order valence-electron chi connectivity index (χ1n) is 8.16. The van der Waals surface area contributed by atoms with E-state index in [-0.39, 0.29) is 11.8 Å². The number of hydrogen-bond acceptors (Lipinski definition) is 2. The van der Waals surface area contributed by atoms with Crippen LogP contribution in [0.4, 0.5) is 4.39 Å². The molecule has 1 heterocycles. The van der Waals surface area contributed by atoms with Crippen LogP contribution in [0.1, 0.15) is 34.6 Å². The topological polar surface area (TPSA) is 42.3 Å². The number of benzene rings is 2. The summed E-state index contributed by atoms with van der Waals surface area (Å²) in [5.41, 5.74) is 1.84. The first-order chi connectivity index (χ1) is 12.0. The highest BCUT2D eigenvalue weighted by Gasteiger charge is 2.21. The minimum Gasteiger partial charge on any atom is -0.335 e. The van der Waals surface area contributed by atoms with Crippen molar-refractivity contribution in [3.05, 3.63) is 71.7 Å². The maximum absolute atomic E-state index is 13.6. The minimum atomic E-state index is -0.441. The molecule has 128 valence electrons. The molecule has 0 aliphatic rings. The number of aromatic nitrogens is 1. The van der Waals surface area contributed by atoms with E-state index < -0.39 is 5.82 Å². The van der Waals surface area contributed by atoms with E-state index in [0.29, 0.717) is 29.6 Å². The first kappa shape index (κ1) is 16.9. The molecule has 25 heavy (non-hydrogen) atoms. The third kappa shape index (κ3) is 3.31. The van der Waals surface area contributed by atoms with Gasteiger partial charge in [-0.15, -0.1) is 0 Å². The van der Waals surface area contributed by atoms with Crippen LogP contribution in [0.25, 0.3) is 10.9 Å². The first-order valence-corrected chi connectivity index (χ1v) is 8.16. The summed E-state index contributed by atoms with van der Waals surface area (Å²) in [5.74, 6) is -0.882. The Hall–Kier alpha value is -2.95. The summed E-state index contributed by atoms with van der Waals surface area (Å²) in [4.78, 5) is 26.6. The molecule has 0 spiro atoms. The molecule has 0 fully saturated rings. The molecular formula is C20H19FN2O2. The fraction of sp³-hybridized carbons (Fsp3) is 0.200. The average molecular weight is 338 g/mol. The van der Waals surface area contributed by atoms with Crippen LogP contribution in [0.5, 0.6) is 0 Å². The van der Waals surface area contributed by atoms with Gasteiger partial charge in [-0.05, 0) is 30.7 Å². The lowest BCUT2D eigenvalue weighted by molar-refractivity contribution is 0.0754. The van der Waals surface area contributed by atoms with Crippen LogP contribution >= 0.6 is 0 Å². The van der Waals surface area contributed by atoms with Gasteiger partial charge < -0.3 is 4.90 Å². The van der Waals surface area contributed by atoms with Gasteiger partial charge in [-0.3, -0.25) is 14.2 Å². The predicted molar refractivity (Wildman–Crippen MR) is 95.1 cm³/mol. The lowest BCUT2D eigenvalue weighted by Gasteiger charge is -2.20. The molecule has 0 aliphatic carbocycles. The zero-order valence-electron chi connectivity index (χ0n) is 14.2. The van der Waals surface area contributed by atoms with Gasteiger partial charge in [0.15, 0.2) is 0 Å². The van der Waals surface area contributed by atoms with Gasteiger partial charge in [0.05, 0.1) is 11.1 Å². The van der Waals surface area contributed by atoms with Gasteiger partial charge in [0.2, 0.25) is 5.91 Å². The summed E-state index contributed by atoms with van der Waals surface area (Å²) in [7, 11) is 0. The highest BCUT2D eigenvalue weighted by Crippen LogP contribution is 2.24. The normalized spacial score (nSPS) is 10.8. The maximum atomic E-state index is 13.6. The van der Waals surface area contributed by atoms with Crippen molar-refractivity contribution in [2.75, 3.05) is 6.54 Å². The van der Waals surface area contributed by atoms with Crippen molar-refractivity contribution in [3.8, 4) is 0 Å². The van der Waals surface area contributed by atoms with Crippen molar-refractivity contribution in [2.24, 2.45) is 0 Å². The van der Waals surface area contributed by atoms with E-state index in [1.165, 1.54) is 29.8 Å². The molecule has 3 aromatic rings. The molecule has 2 aromatic carbocycles. The minimum absolute atomic E-state index is 0.178. The zero-order valence-corrected chi connectivity index (χ0v) is 14.2. The van der Waals surface area contributed by atoms with Gasteiger partial charge in [-0.25, -0.2) is 4.39 Å². The number of carbonyl (C=O) groups excluding carboxylic acids is 2. The number of rotatable bonds is 4. The Kier molecular flexibility index (Phi) is 4.65. The van der Waals surface area contributed by atoms with Crippen molar-refractivity contribution in [3.63, 3.8) is 0 Å². The molecule has 0 unspecified atom stereocenters. The standard InChI is InChI=1S/C20H19FN2O2/c1-3-22(12-15-7-5-4-6-8-15)20(25)18-13-23(14(2)24)19-11-16(21)9-10-17(18)19/h4-11,13H,3,12H2,1-2H3. The summed E-state index contributed by atoms with van der Waals surface area (Å²) in [6.45, 7) is 4.30. The molecule has 4 nitrogen and oxygen atoms in total. The Labute approximate surface area is 145 Å². The fourth-order valence-electron chi connectivity index (χ4n) is 2.93. The van der Waals surface area contributed by atoms with Crippen LogP contribution in [0.3, 0.4) is 0 Å². The second-order valence-electron chi connectivity index (χ2n) is 5.90. The van der Waals surface area contributed by atoms with E-state index in [1.54, 1.807) is 11.0 Å². The third-order valence-corrected chi connectivity index (χ3v) is 4.22. The molecule has 0 bridgehead atoms. The van der Waals surface area contributed by atoms with E-state index >= 15 is 0 Å². The summed E-state index contributed by atoms with van der Waals surface area (Å²) in [6, 6.07) is 13.8. The zero-order chi connectivity index (χ0) is 18.0. The monoisotopic (exact) mass is 338 g/mol. The number of carbonyl (C=O) groups is 2. The Morgan fingerprint density at radius 1 is 1.12 bits per heavy atom. The Morgan fingerprint density at radius 3 is 2.48 bits per heavy atom. The highest BCUT2D eigenvalue weighted by atomic mass is 19.1. The van der Waals surface area contributed by atoms with Gasteiger partial charge in [-0.1, -0.05) is 30.3 Å². The summed E-state index contributed by atoms with van der Waals surface area (Å²) in [6.07, 6.45) is 1.50. The molecule has 3 rings (SSSR count). The van der Waals surface area contributed by atoms with Gasteiger partial charge in [-0.2, -0.15) is 0 Å². The number of hydrogen-bond donors (Lipinski definition) is 0. The van der Waals surface area contributed by atoms with Crippen LogP contribution in [-0.2, 0) is 6.54 Å². The molecule has 0 atom stereocenters. The van der Waals surface area contributed by atoms with Crippen LogP contribution in [-0.4, -0.2) is 27.8 Å². The van der Waals surface area contributed by atoms with E-state index in [0.717, 1.165) is 5.56 Å². The summed E-state index contributed by atoms with van der Waals surface area (Å²) < 4.78 is 14.9. The molecular weight excluding hydrogens is 319 g/mol. The predicted octanol–water partition coefficient (Wildman–Crippen LogP) is 4.10. The molecule has 0 radical (unpaired) electrons. The summed E-state index contributed by atoms with van der Waals surface area (Å²) >= 11 is 0. The molecule has 0 saturated heterocycles. The van der Waals surface area contributed by atoms with Crippen molar-refractivity contribution < 1.29 is 14.0 Å². The molecule has 0 N–H and O–H groups in total. The van der Waals surface area contributed by atoms with Gasteiger partial charge in [0.25, 0.3) is 5.91 Å². The fourth-order valence-corrected chi connectivity index (χ4v) is 2.93. The van der Waals surface area contributed by atoms with Crippen molar-refractivity contribution >= 4 is 22.7 Å². The lowest BCUT2D eigenvalue weighted by atomic mass is 10.1. The van der Waals surface area contributed by atoms with Crippen molar-refractivity contribution in [2.45, 2.75) is 20.4 Å². The van der Waals surface area contributed by atoms with Gasteiger partial charge >= 0.3 is 0 Å². The quantitative estimate of drug-likeness (QED) is 0.719. The SMILES string of the molecule is CCN(Cc1ccccc1)C(=O)c1cn(C(C)=O)c2cc(F)ccc12. The van der Waals surface area contributed by atoms with Crippen molar-refractivity contribution in [1.29, 1.82) is 0 Å². The van der Waals surface area contributed by atoms with Crippen LogP contribution in [0, 0.1) is 5.82 Å². The van der Waals surface area contributed by atoms with E-state index in [9.17, 15) is 14.0 Å². The maximum Gasteiger partial charge on any atom is 0.256 e. The number of nitrogens with zero attached hydrogens (tertiary/aromatic N) is 2. The van der Waals surface area contributed by atoms with E-state index in [2.05, 4.69) is 0 Å². The number of amides is 1. The Balaban J connectivity index is 2.02. The summed E-state index contributed by atoms with van der Waals surface area (Å²) in [5, 5.41) is 0.577. The van der Waals surface area contributed by atoms with E-state index in [4.69, 9.17) is 0 Å². The number of fused-ring (bicyclic) bond motifs is 1. The molecule has 0 saturated carbocycles. The van der Waals surface area contributed by atoms with Gasteiger partial charge in [0, 0.05) is 31.6 Å². The lowest BCUT2D eigenvalue weighted by Crippen LogP contribution is -2.30. The van der Waals surface area contributed by atoms with Crippen molar-refractivity contribution in [1.82, 2.24) is 9.47 Å². The molecule has 0 aliphatic heterocycles. The second-order valence-corrected chi connectivity index (χ2v) is 5.90. The Bertz CT molecular complexity index is 932. The third-order valence-electron chi connectivity index (χ3n) is 4.22. The van der Waals surface area contributed by atoms with Crippen LogP contribution in [0.2, 0.25) is 0 Å². The average Bonchev–Trinajstić information content (AvgIpc) is 2.98. The number of halogens is 1. The Morgan fingerprint density at radius 2 is 1.84 bits per heavy atom. The second kappa shape index (κ2) is 6.89. The van der Waals surface area contributed by atoms with Crippen LogP contribution < -0.4 is 0 Å². The van der Waals surface area contributed by atoms with Gasteiger partial charge in [0.1, 0.15) is 5.82 Å². The highest BCUT2D eigenvalue weighted by molar-refractivity contribution is 6.09. The smallest absolute Gasteiger partial charge is 0.256 e. The largest absolute Gasteiger partial charge is 0.335 e.